The van der Waals surface area contributed by atoms with Gasteiger partial charge in [-0.2, -0.15) is 31.3 Å². The molecule has 1 saturated carbocycles. The summed E-state index contributed by atoms with van der Waals surface area (Å²) in [5, 5.41) is 8.85. The van der Waals surface area contributed by atoms with Crippen molar-refractivity contribution in [1.29, 1.82) is 0 Å². The van der Waals surface area contributed by atoms with Crippen LogP contribution in [0.15, 0.2) is 6.07 Å². The average molecular weight is 410 g/mol. The van der Waals surface area contributed by atoms with E-state index in [2.05, 4.69) is 9.97 Å². The standard InChI is InChI=1S/C16H16F6N4O2/c17-15(18,19)10-4-12(25-5-8-7(3-13(27)28)9(8)6-25)24-14(23-10)26-2-1-11(26)16(20,21)22/h4,7-9,11H,1-3,5-6H2,(H,27,28)/t7-,8+,9-,11-/m1/s1. The predicted octanol–water partition coefficient (Wildman–Crippen LogP) is 2.79. The molecule has 3 aliphatic rings. The van der Waals surface area contributed by atoms with Crippen molar-refractivity contribution >= 4 is 17.7 Å². The molecule has 3 heterocycles. The molecule has 0 unspecified atom stereocenters. The van der Waals surface area contributed by atoms with E-state index in [1.807, 2.05) is 0 Å². The van der Waals surface area contributed by atoms with Gasteiger partial charge in [0.2, 0.25) is 5.95 Å². The fraction of sp³-hybridized carbons (Fsp3) is 0.688. The molecular formula is C16H16F6N4O2. The quantitative estimate of drug-likeness (QED) is 0.770. The number of hydrogen-bond donors (Lipinski definition) is 1. The number of aromatic nitrogens is 2. The number of carboxylic acid groups (broad SMARTS) is 1. The molecule has 0 aromatic carbocycles. The zero-order valence-electron chi connectivity index (χ0n) is 14.3. The van der Waals surface area contributed by atoms with Crippen LogP contribution >= 0.6 is 0 Å². The Morgan fingerprint density at radius 1 is 1.14 bits per heavy atom. The van der Waals surface area contributed by atoms with Gasteiger partial charge in [-0.15, -0.1) is 0 Å². The number of nitrogens with zero attached hydrogens (tertiary/aromatic N) is 4. The number of carbonyl (C=O) groups is 1. The second kappa shape index (κ2) is 6.11. The molecule has 1 aliphatic carbocycles. The Balaban J connectivity index is 1.58. The zero-order valence-corrected chi connectivity index (χ0v) is 14.3. The van der Waals surface area contributed by atoms with Gasteiger partial charge in [0, 0.05) is 32.1 Å². The lowest BCUT2D eigenvalue weighted by molar-refractivity contribution is -0.160. The van der Waals surface area contributed by atoms with Crippen molar-refractivity contribution in [2.75, 3.05) is 29.4 Å². The highest BCUT2D eigenvalue weighted by molar-refractivity contribution is 5.68. The van der Waals surface area contributed by atoms with Crippen LogP contribution < -0.4 is 9.80 Å². The highest BCUT2D eigenvalue weighted by Crippen LogP contribution is 2.54. The first-order valence-electron chi connectivity index (χ1n) is 8.71. The van der Waals surface area contributed by atoms with Crippen LogP contribution in [0.25, 0.3) is 0 Å². The van der Waals surface area contributed by atoms with Gasteiger partial charge in [-0.25, -0.2) is 4.98 Å². The zero-order chi connectivity index (χ0) is 20.4. The monoisotopic (exact) mass is 410 g/mol. The highest BCUT2D eigenvalue weighted by atomic mass is 19.4. The van der Waals surface area contributed by atoms with E-state index in [0.29, 0.717) is 13.1 Å². The fourth-order valence-electron chi connectivity index (χ4n) is 4.17. The lowest BCUT2D eigenvalue weighted by atomic mass is 10.0. The van der Waals surface area contributed by atoms with Crippen molar-refractivity contribution in [2.45, 2.75) is 31.2 Å². The highest BCUT2D eigenvalue weighted by Gasteiger charge is 2.56. The number of halogens is 6. The summed E-state index contributed by atoms with van der Waals surface area (Å²) >= 11 is 0. The summed E-state index contributed by atoms with van der Waals surface area (Å²) in [7, 11) is 0. The molecule has 3 fully saturated rings. The molecule has 6 nitrogen and oxygen atoms in total. The molecular weight excluding hydrogens is 394 g/mol. The maximum atomic E-state index is 13.2. The van der Waals surface area contributed by atoms with Crippen LogP contribution in [0.5, 0.6) is 0 Å². The summed E-state index contributed by atoms with van der Waals surface area (Å²) in [6, 6.07) is -1.15. The van der Waals surface area contributed by atoms with Crippen LogP contribution in [0.4, 0.5) is 38.1 Å². The van der Waals surface area contributed by atoms with Crippen LogP contribution in [0.1, 0.15) is 18.5 Å². The van der Waals surface area contributed by atoms with Crippen LogP contribution in [0, 0.1) is 17.8 Å². The number of piperidine rings is 1. The molecule has 28 heavy (non-hydrogen) atoms. The van der Waals surface area contributed by atoms with Gasteiger partial charge in [0.1, 0.15) is 11.9 Å². The third-order valence-electron chi connectivity index (χ3n) is 5.75. The first-order chi connectivity index (χ1) is 12.9. The second-order valence-corrected chi connectivity index (χ2v) is 7.44. The first kappa shape index (κ1) is 19.1. The third-order valence-corrected chi connectivity index (χ3v) is 5.75. The number of aliphatic carboxylic acids is 1. The Kier molecular flexibility index (Phi) is 4.16. The summed E-state index contributed by atoms with van der Waals surface area (Å²) in [5.41, 5.74) is -1.29. The largest absolute Gasteiger partial charge is 0.481 e. The summed E-state index contributed by atoms with van der Waals surface area (Å²) in [6.45, 7) is 0.592. The smallest absolute Gasteiger partial charge is 0.433 e. The molecule has 4 atom stereocenters. The van der Waals surface area contributed by atoms with Crippen LogP contribution in [-0.4, -0.2) is 52.9 Å². The molecule has 1 aromatic rings. The van der Waals surface area contributed by atoms with E-state index < -0.39 is 36.0 Å². The molecule has 2 saturated heterocycles. The van der Waals surface area contributed by atoms with Crippen molar-refractivity contribution in [3.63, 3.8) is 0 Å². The summed E-state index contributed by atoms with van der Waals surface area (Å²) in [6.07, 6.45) is -9.61. The van der Waals surface area contributed by atoms with Gasteiger partial charge in [0.25, 0.3) is 0 Å². The maximum Gasteiger partial charge on any atom is 0.433 e. The number of rotatable bonds is 4. The summed E-state index contributed by atoms with van der Waals surface area (Å²) in [5.74, 6) is -1.49. The number of alkyl halides is 6. The van der Waals surface area contributed by atoms with Gasteiger partial charge in [-0.3, -0.25) is 4.79 Å². The summed E-state index contributed by atoms with van der Waals surface area (Å²) < 4.78 is 78.7. The van der Waals surface area contributed by atoms with Gasteiger partial charge in [-0.05, 0) is 24.2 Å². The predicted molar refractivity (Wildman–Crippen MR) is 83.8 cm³/mol. The molecule has 12 heteroatoms. The Morgan fingerprint density at radius 3 is 2.25 bits per heavy atom. The molecule has 1 aromatic heterocycles. The number of anilines is 2. The lowest BCUT2D eigenvalue weighted by Gasteiger charge is -2.42. The van der Waals surface area contributed by atoms with E-state index >= 15 is 0 Å². The Bertz CT molecular complexity index is 786. The van der Waals surface area contributed by atoms with Crippen LogP contribution in [0.2, 0.25) is 0 Å². The minimum atomic E-state index is -4.82. The number of fused-ring (bicyclic) bond motifs is 1. The molecule has 154 valence electrons. The number of carboxylic acids is 1. The van der Waals surface area contributed by atoms with E-state index in [1.165, 1.54) is 0 Å². The minimum absolute atomic E-state index is 0.00698. The van der Waals surface area contributed by atoms with Gasteiger partial charge in [0.15, 0.2) is 5.69 Å². The van der Waals surface area contributed by atoms with E-state index in [4.69, 9.17) is 5.11 Å². The number of hydrogen-bond acceptors (Lipinski definition) is 5. The summed E-state index contributed by atoms with van der Waals surface area (Å²) in [4.78, 5) is 20.4. The SMILES string of the molecule is O=C(O)C[C@H]1[C@H]2CN(c3cc(C(F)(F)F)nc(N4CC[C@@H]4C(F)(F)F)n3)C[C@@H]12. The van der Waals surface area contributed by atoms with Crippen molar-refractivity contribution in [3.8, 4) is 0 Å². The van der Waals surface area contributed by atoms with E-state index in [1.54, 1.807) is 4.90 Å². The topological polar surface area (TPSA) is 69.6 Å². The molecule has 0 spiro atoms. The first-order valence-corrected chi connectivity index (χ1v) is 8.71. The van der Waals surface area contributed by atoms with Crippen molar-refractivity contribution in [3.05, 3.63) is 11.8 Å². The lowest BCUT2D eigenvalue weighted by Crippen LogP contribution is -2.56. The van der Waals surface area contributed by atoms with Crippen LogP contribution in [-0.2, 0) is 11.0 Å². The minimum Gasteiger partial charge on any atom is -0.481 e. The van der Waals surface area contributed by atoms with E-state index in [9.17, 15) is 31.1 Å². The van der Waals surface area contributed by atoms with E-state index in [0.717, 1.165) is 11.0 Å². The van der Waals surface area contributed by atoms with Gasteiger partial charge < -0.3 is 14.9 Å². The van der Waals surface area contributed by atoms with Crippen molar-refractivity contribution in [2.24, 2.45) is 17.8 Å². The maximum absolute atomic E-state index is 13.2. The second-order valence-electron chi connectivity index (χ2n) is 7.44. The molecule has 0 radical (unpaired) electrons. The van der Waals surface area contributed by atoms with Crippen LogP contribution in [0.3, 0.4) is 0 Å². The Morgan fingerprint density at radius 2 is 1.79 bits per heavy atom. The Labute approximate surface area is 155 Å². The molecule has 2 aliphatic heterocycles. The van der Waals surface area contributed by atoms with Crippen molar-refractivity contribution < 1.29 is 36.2 Å². The molecule has 0 bridgehead atoms. The molecule has 0 amide bonds. The normalized spacial score (nSPS) is 29.5. The third kappa shape index (κ3) is 3.32. The molecule has 1 N–H and O–H groups in total. The van der Waals surface area contributed by atoms with Gasteiger partial charge in [-0.1, -0.05) is 0 Å². The van der Waals surface area contributed by atoms with Crippen molar-refractivity contribution in [1.82, 2.24) is 9.97 Å². The fourth-order valence-corrected chi connectivity index (χ4v) is 4.17. The molecule has 4 rings (SSSR count). The van der Waals surface area contributed by atoms with E-state index in [-0.39, 0.29) is 43.0 Å². The van der Waals surface area contributed by atoms with Gasteiger partial charge in [0.05, 0.1) is 0 Å². The average Bonchev–Trinajstić information content (AvgIpc) is 2.95. The van der Waals surface area contributed by atoms with Gasteiger partial charge >= 0.3 is 18.3 Å². The Hall–Kier alpha value is -2.27.